The summed E-state index contributed by atoms with van der Waals surface area (Å²) in [5.41, 5.74) is 1.72. The largest absolute Gasteiger partial charge is 0.333 e. The molecule has 0 fully saturated rings. The number of anilines is 1. The van der Waals surface area contributed by atoms with Crippen LogP contribution in [0.25, 0.3) is 10.6 Å². The zero-order chi connectivity index (χ0) is 21.7. The van der Waals surface area contributed by atoms with Crippen LogP contribution in [0.5, 0.6) is 0 Å². The lowest BCUT2D eigenvalue weighted by atomic mass is 10.2. The van der Waals surface area contributed by atoms with Gasteiger partial charge < -0.3 is 5.32 Å². The van der Waals surface area contributed by atoms with E-state index in [9.17, 15) is 13.2 Å². The zero-order valence-electron chi connectivity index (χ0n) is 16.6. The molecule has 2 heterocycles. The molecule has 0 aliphatic rings. The number of hydrogen-bond donors (Lipinski definition) is 2. The number of urea groups is 1. The van der Waals surface area contributed by atoms with Gasteiger partial charge in [-0.05, 0) is 19.1 Å². The fourth-order valence-electron chi connectivity index (χ4n) is 2.57. The normalized spacial score (nSPS) is 11.4. The molecule has 0 aliphatic carbocycles. The molecule has 30 heavy (non-hydrogen) atoms. The van der Waals surface area contributed by atoms with Gasteiger partial charge in [-0.1, -0.05) is 30.7 Å². The summed E-state index contributed by atoms with van der Waals surface area (Å²) < 4.78 is 24.8. The van der Waals surface area contributed by atoms with Crippen molar-refractivity contribution in [1.82, 2.24) is 20.1 Å². The van der Waals surface area contributed by atoms with Crippen molar-refractivity contribution < 1.29 is 13.2 Å². The number of hydrogen-bond acceptors (Lipinski definition) is 6. The van der Waals surface area contributed by atoms with Crippen LogP contribution in [0.15, 0.2) is 36.7 Å². The molecule has 0 saturated heterocycles. The van der Waals surface area contributed by atoms with Gasteiger partial charge >= 0.3 is 6.03 Å². The number of aromatic nitrogens is 3. The molecule has 0 bridgehead atoms. The second-order valence-corrected chi connectivity index (χ2v) is 10.6. The molecule has 2 N–H and O–H groups in total. The van der Waals surface area contributed by atoms with E-state index in [4.69, 9.17) is 11.6 Å². The maximum atomic E-state index is 12.2. The van der Waals surface area contributed by atoms with Gasteiger partial charge in [0.1, 0.15) is 5.01 Å². The quantitative estimate of drug-likeness (QED) is 0.525. The average Bonchev–Trinajstić information content (AvgIpc) is 3.32. The Hall–Kier alpha value is -2.43. The molecular formula is C19H22ClN5O3S2. The van der Waals surface area contributed by atoms with E-state index in [0.29, 0.717) is 17.4 Å². The Bertz CT molecular complexity index is 1120. The summed E-state index contributed by atoms with van der Waals surface area (Å²) in [6.07, 6.45) is 3.44. The van der Waals surface area contributed by atoms with Gasteiger partial charge in [-0.15, -0.1) is 11.3 Å². The molecule has 3 aromatic rings. The SMILES string of the molecule is CCS(=O)(=O)CCn1cc(C)c(NC(=O)NCc2cnc(-c3ccc(Cl)cc3)s2)n1. The number of nitrogens with zero attached hydrogens (tertiary/aromatic N) is 3. The molecule has 2 amide bonds. The third-order valence-corrected chi connectivity index (χ3v) is 7.30. The number of rotatable bonds is 8. The molecule has 0 unspecified atom stereocenters. The summed E-state index contributed by atoms with van der Waals surface area (Å²) in [6.45, 7) is 3.98. The molecule has 11 heteroatoms. The number of halogens is 1. The highest BCUT2D eigenvalue weighted by Gasteiger charge is 2.12. The highest BCUT2D eigenvalue weighted by Crippen LogP contribution is 2.26. The van der Waals surface area contributed by atoms with Gasteiger partial charge in [0, 0.05) is 39.2 Å². The van der Waals surface area contributed by atoms with E-state index in [1.165, 1.54) is 16.0 Å². The Balaban J connectivity index is 1.53. The maximum Gasteiger partial charge on any atom is 0.320 e. The van der Waals surface area contributed by atoms with Crippen LogP contribution in [0.3, 0.4) is 0 Å². The third kappa shape index (κ3) is 6.04. The molecule has 0 atom stereocenters. The van der Waals surface area contributed by atoms with Gasteiger partial charge in [-0.2, -0.15) is 5.10 Å². The molecule has 0 radical (unpaired) electrons. The molecular weight excluding hydrogens is 446 g/mol. The van der Waals surface area contributed by atoms with Crippen molar-refractivity contribution in [3.05, 3.63) is 52.1 Å². The van der Waals surface area contributed by atoms with Crippen LogP contribution in [-0.2, 0) is 22.9 Å². The monoisotopic (exact) mass is 467 g/mol. The Morgan fingerprint density at radius 2 is 2.00 bits per heavy atom. The van der Waals surface area contributed by atoms with Crippen molar-refractivity contribution in [2.24, 2.45) is 0 Å². The summed E-state index contributed by atoms with van der Waals surface area (Å²) in [5.74, 6) is 0.503. The number of nitrogens with one attached hydrogen (secondary N) is 2. The summed E-state index contributed by atoms with van der Waals surface area (Å²) in [7, 11) is -3.08. The van der Waals surface area contributed by atoms with E-state index in [2.05, 4.69) is 20.7 Å². The fraction of sp³-hybridized carbons (Fsp3) is 0.316. The van der Waals surface area contributed by atoms with Gasteiger partial charge in [0.25, 0.3) is 0 Å². The summed E-state index contributed by atoms with van der Waals surface area (Å²) >= 11 is 7.39. The lowest BCUT2D eigenvalue weighted by Gasteiger charge is -2.05. The van der Waals surface area contributed by atoms with Gasteiger partial charge in [0.2, 0.25) is 0 Å². The van der Waals surface area contributed by atoms with Gasteiger partial charge in [-0.3, -0.25) is 10.00 Å². The number of carbonyl (C=O) groups is 1. The number of benzene rings is 1. The second-order valence-electron chi connectivity index (χ2n) is 6.61. The van der Waals surface area contributed by atoms with E-state index in [0.717, 1.165) is 21.0 Å². The first-order chi connectivity index (χ1) is 14.3. The Morgan fingerprint density at radius 1 is 1.27 bits per heavy atom. The lowest BCUT2D eigenvalue weighted by molar-refractivity contribution is 0.251. The van der Waals surface area contributed by atoms with Crippen molar-refractivity contribution in [2.75, 3.05) is 16.8 Å². The minimum atomic E-state index is -3.08. The molecule has 3 rings (SSSR count). The average molecular weight is 468 g/mol. The summed E-state index contributed by atoms with van der Waals surface area (Å²) in [4.78, 5) is 17.5. The first-order valence-electron chi connectivity index (χ1n) is 9.25. The predicted molar refractivity (Wildman–Crippen MR) is 120 cm³/mol. The van der Waals surface area contributed by atoms with E-state index in [-0.39, 0.29) is 18.1 Å². The highest BCUT2D eigenvalue weighted by atomic mass is 35.5. The summed E-state index contributed by atoms with van der Waals surface area (Å²) in [6, 6.07) is 7.02. The number of sulfone groups is 1. The first kappa shape index (κ1) is 22.3. The topological polar surface area (TPSA) is 106 Å². The van der Waals surface area contributed by atoms with Crippen molar-refractivity contribution in [1.29, 1.82) is 0 Å². The fourth-order valence-corrected chi connectivity index (χ4v) is 4.31. The third-order valence-electron chi connectivity index (χ3n) is 4.32. The van der Waals surface area contributed by atoms with Crippen molar-refractivity contribution >= 4 is 44.6 Å². The Morgan fingerprint density at radius 3 is 2.70 bits per heavy atom. The molecule has 1 aromatic carbocycles. The number of carbonyl (C=O) groups excluding carboxylic acids is 1. The molecule has 2 aromatic heterocycles. The minimum Gasteiger partial charge on any atom is -0.333 e. The smallest absolute Gasteiger partial charge is 0.320 e. The highest BCUT2D eigenvalue weighted by molar-refractivity contribution is 7.91. The van der Waals surface area contributed by atoms with E-state index >= 15 is 0 Å². The van der Waals surface area contributed by atoms with E-state index < -0.39 is 15.9 Å². The Kier molecular flexibility index (Phi) is 7.11. The first-order valence-corrected chi connectivity index (χ1v) is 12.3. The number of thiazole rings is 1. The van der Waals surface area contributed by atoms with E-state index in [1.807, 2.05) is 24.3 Å². The predicted octanol–water partition coefficient (Wildman–Crippen LogP) is 3.72. The molecule has 8 nitrogen and oxygen atoms in total. The minimum absolute atomic E-state index is 0.0115. The molecule has 0 saturated carbocycles. The van der Waals surface area contributed by atoms with Crippen LogP contribution in [0, 0.1) is 6.92 Å². The van der Waals surface area contributed by atoms with E-state index in [1.54, 1.807) is 26.2 Å². The number of amides is 2. The molecule has 160 valence electrons. The molecule has 0 aliphatic heterocycles. The lowest BCUT2D eigenvalue weighted by Crippen LogP contribution is -2.28. The van der Waals surface area contributed by atoms with Crippen molar-refractivity contribution in [3.8, 4) is 10.6 Å². The second kappa shape index (κ2) is 9.59. The van der Waals surface area contributed by atoms with Crippen LogP contribution in [0.4, 0.5) is 10.6 Å². The van der Waals surface area contributed by atoms with Gasteiger partial charge in [-0.25, -0.2) is 18.2 Å². The summed E-state index contributed by atoms with van der Waals surface area (Å²) in [5, 5.41) is 11.2. The van der Waals surface area contributed by atoms with Crippen molar-refractivity contribution in [3.63, 3.8) is 0 Å². The number of aryl methyl sites for hydroxylation is 2. The van der Waals surface area contributed by atoms with Crippen LogP contribution in [0.1, 0.15) is 17.4 Å². The molecule has 0 spiro atoms. The maximum absolute atomic E-state index is 12.2. The van der Waals surface area contributed by atoms with Crippen LogP contribution < -0.4 is 10.6 Å². The van der Waals surface area contributed by atoms with Gasteiger partial charge in [0.05, 0.1) is 18.8 Å². The Labute approximate surface area is 184 Å². The van der Waals surface area contributed by atoms with Gasteiger partial charge in [0.15, 0.2) is 15.7 Å². The standard InChI is InChI=1S/C19H22ClN5O3S2/c1-3-30(27,28)9-8-25-12-13(2)17(24-25)23-19(26)22-11-16-10-21-18(29-16)14-4-6-15(20)7-5-14/h4-7,10,12H,3,8-9,11H2,1-2H3,(H2,22,23,24,26). The van der Waals surface area contributed by atoms with Crippen LogP contribution in [0.2, 0.25) is 5.02 Å². The zero-order valence-corrected chi connectivity index (χ0v) is 18.9. The van der Waals surface area contributed by atoms with Crippen molar-refractivity contribution in [2.45, 2.75) is 26.9 Å². The van der Waals surface area contributed by atoms with Crippen LogP contribution in [-0.4, -0.2) is 40.7 Å². The van der Waals surface area contributed by atoms with Crippen LogP contribution >= 0.6 is 22.9 Å².